The van der Waals surface area contributed by atoms with Crippen LogP contribution in [-0.4, -0.2) is 4.98 Å². The van der Waals surface area contributed by atoms with E-state index in [0.717, 1.165) is 27.6 Å². The van der Waals surface area contributed by atoms with Crippen molar-refractivity contribution in [3.05, 3.63) is 38.8 Å². The Hall–Kier alpha value is -1.08. The monoisotopic (exact) mass is 296 g/mol. The van der Waals surface area contributed by atoms with Gasteiger partial charge in [0.25, 0.3) is 0 Å². The smallest absolute Gasteiger partial charge is 0.123 e. The fourth-order valence-corrected chi connectivity index (χ4v) is 3.00. The highest BCUT2D eigenvalue weighted by molar-refractivity contribution is 7.15. The summed E-state index contributed by atoms with van der Waals surface area (Å²) in [7, 11) is 0. The van der Waals surface area contributed by atoms with Gasteiger partial charge in [0, 0.05) is 10.4 Å². The number of aryl methyl sites for hydroxylation is 1. The zero-order valence-electron chi connectivity index (χ0n) is 9.70. The average molecular weight is 297 g/mol. The minimum atomic E-state index is 0.405. The molecule has 0 aliphatic rings. The standard InChI is InChI=1S/C13H10Cl2N2S/c1-2-11-12(5-6-16)18-13(17-11)8-3-4-9(14)10(15)7-8/h3-4,7H,2,5H2,1H3. The number of rotatable bonds is 3. The molecule has 2 nitrogen and oxygen atoms in total. The van der Waals surface area contributed by atoms with Gasteiger partial charge in [-0.2, -0.15) is 5.26 Å². The molecule has 0 saturated carbocycles. The fraction of sp³-hybridized carbons (Fsp3) is 0.231. The van der Waals surface area contributed by atoms with Gasteiger partial charge in [-0.05, 0) is 18.6 Å². The molecule has 5 heteroatoms. The molecule has 1 aromatic heterocycles. The largest absolute Gasteiger partial charge is 0.241 e. The number of halogens is 2. The van der Waals surface area contributed by atoms with Crippen molar-refractivity contribution in [3.63, 3.8) is 0 Å². The summed E-state index contributed by atoms with van der Waals surface area (Å²) in [4.78, 5) is 5.58. The fourth-order valence-electron chi connectivity index (χ4n) is 1.62. The molecule has 0 bridgehead atoms. The number of thiazole rings is 1. The number of hydrogen-bond donors (Lipinski definition) is 0. The lowest BCUT2D eigenvalue weighted by Crippen LogP contribution is -1.86. The molecule has 2 rings (SSSR count). The summed E-state index contributed by atoms with van der Waals surface area (Å²) in [5, 5.41) is 10.7. The number of benzene rings is 1. The molecule has 0 aliphatic carbocycles. The van der Waals surface area contributed by atoms with Crippen molar-refractivity contribution >= 4 is 34.5 Å². The molecule has 0 fully saturated rings. The first-order chi connectivity index (χ1) is 8.65. The maximum atomic E-state index is 8.79. The second kappa shape index (κ2) is 5.71. The van der Waals surface area contributed by atoms with E-state index in [2.05, 4.69) is 11.1 Å². The van der Waals surface area contributed by atoms with Gasteiger partial charge < -0.3 is 0 Å². The Balaban J connectivity index is 2.44. The molecule has 0 saturated heterocycles. The average Bonchev–Trinajstić information content (AvgIpc) is 2.76. The van der Waals surface area contributed by atoms with Crippen LogP contribution >= 0.6 is 34.5 Å². The van der Waals surface area contributed by atoms with Crippen molar-refractivity contribution in [3.8, 4) is 16.6 Å². The Kier molecular flexibility index (Phi) is 4.23. The van der Waals surface area contributed by atoms with Crippen LogP contribution in [-0.2, 0) is 12.8 Å². The van der Waals surface area contributed by atoms with E-state index < -0.39 is 0 Å². The molecule has 18 heavy (non-hydrogen) atoms. The summed E-state index contributed by atoms with van der Waals surface area (Å²) in [6.07, 6.45) is 1.23. The van der Waals surface area contributed by atoms with Crippen LogP contribution in [0.2, 0.25) is 10.0 Å². The third-order valence-corrected chi connectivity index (χ3v) is 4.41. The Labute approximate surface area is 120 Å². The van der Waals surface area contributed by atoms with Crippen molar-refractivity contribution in [1.29, 1.82) is 5.26 Å². The maximum absolute atomic E-state index is 8.79. The van der Waals surface area contributed by atoms with E-state index in [1.165, 1.54) is 0 Å². The third kappa shape index (κ3) is 2.67. The molecule has 0 spiro atoms. The van der Waals surface area contributed by atoms with Gasteiger partial charge in [-0.3, -0.25) is 0 Å². The van der Waals surface area contributed by atoms with Crippen LogP contribution in [0.4, 0.5) is 0 Å². The van der Waals surface area contributed by atoms with Gasteiger partial charge in [-0.25, -0.2) is 4.98 Å². The molecular weight excluding hydrogens is 287 g/mol. The highest BCUT2D eigenvalue weighted by Crippen LogP contribution is 2.32. The van der Waals surface area contributed by atoms with E-state index in [1.54, 1.807) is 23.5 Å². The molecule has 1 heterocycles. The van der Waals surface area contributed by atoms with Crippen LogP contribution in [0, 0.1) is 11.3 Å². The van der Waals surface area contributed by atoms with Crippen molar-refractivity contribution in [1.82, 2.24) is 4.98 Å². The van der Waals surface area contributed by atoms with Gasteiger partial charge in [-0.15, -0.1) is 11.3 Å². The van der Waals surface area contributed by atoms with E-state index >= 15 is 0 Å². The van der Waals surface area contributed by atoms with Gasteiger partial charge in [0.2, 0.25) is 0 Å². The quantitative estimate of drug-likeness (QED) is 0.820. The van der Waals surface area contributed by atoms with Gasteiger partial charge in [0.05, 0.1) is 28.2 Å². The van der Waals surface area contributed by atoms with Crippen molar-refractivity contribution in [2.45, 2.75) is 19.8 Å². The molecule has 92 valence electrons. The molecule has 0 radical (unpaired) electrons. The highest BCUT2D eigenvalue weighted by atomic mass is 35.5. The first-order valence-corrected chi connectivity index (χ1v) is 7.04. The predicted molar refractivity (Wildman–Crippen MR) is 76.3 cm³/mol. The van der Waals surface area contributed by atoms with E-state index in [-0.39, 0.29) is 0 Å². The van der Waals surface area contributed by atoms with Crippen molar-refractivity contribution in [2.24, 2.45) is 0 Å². The topological polar surface area (TPSA) is 36.7 Å². The van der Waals surface area contributed by atoms with Gasteiger partial charge in [0.15, 0.2) is 0 Å². The molecule has 1 aromatic carbocycles. The van der Waals surface area contributed by atoms with Crippen molar-refractivity contribution in [2.75, 3.05) is 0 Å². The molecule has 0 unspecified atom stereocenters. The van der Waals surface area contributed by atoms with E-state index in [4.69, 9.17) is 28.5 Å². The minimum absolute atomic E-state index is 0.405. The van der Waals surface area contributed by atoms with Crippen LogP contribution in [0.3, 0.4) is 0 Å². The number of hydrogen-bond acceptors (Lipinski definition) is 3. The van der Waals surface area contributed by atoms with Gasteiger partial charge >= 0.3 is 0 Å². The second-order valence-electron chi connectivity index (χ2n) is 3.71. The van der Waals surface area contributed by atoms with E-state index in [0.29, 0.717) is 16.5 Å². The summed E-state index contributed by atoms with van der Waals surface area (Å²) in [5.41, 5.74) is 1.93. The summed E-state index contributed by atoms with van der Waals surface area (Å²) in [6, 6.07) is 7.62. The number of nitrogens with zero attached hydrogens (tertiary/aromatic N) is 2. The minimum Gasteiger partial charge on any atom is -0.241 e. The Morgan fingerprint density at radius 1 is 1.33 bits per heavy atom. The lowest BCUT2D eigenvalue weighted by Gasteiger charge is -1.98. The molecule has 0 N–H and O–H groups in total. The molecular formula is C13H10Cl2N2S. The van der Waals surface area contributed by atoms with Crippen molar-refractivity contribution < 1.29 is 0 Å². The van der Waals surface area contributed by atoms with E-state index in [1.807, 2.05) is 13.0 Å². The summed E-state index contributed by atoms with van der Waals surface area (Å²) in [6.45, 7) is 2.04. The number of nitriles is 1. The van der Waals surface area contributed by atoms with Crippen LogP contribution in [0.15, 0.2) is 18.2 Å². The normalized spacial score (nSPS) is 10.3. The molecule has 0 atom stereocenters. The van der Waals surface area contributed by atoms with Crippen LogP contribution in [0.25, 0.3) is 10.6 Å². The number of aromatic nitrogens is 1. The van der Waals surface area contributed by atoms with Gasteiger partial charge in [0.1, 0.15) is 5.01 Å². The van der Waals surface area contributed by atoms with Crippen LogP contribution in [0.5, 0.6) is 0 Å². The molecule has 0 amide bonds. The Bertz CT molecular complexity index is 614. The summed E-state index contributed by atoms with van der Waals surface area (Å²) in [5.74, 6) is 0. The molecule has 2 aromatic rings. The third-order valence-electron chi connectivity index (χ3n) is 2.52. The summed E-state index contributed by atoms with van der Waals surface area (Å²) < 4.78 is 0. The highest BCUT2D eigenvalue weighted by Gasteiger charge is 2.12. The van der Waals surface area contributed by atoms with Crippen LogP contribution < -0.4 is 0 Å². The zero-order valence-corrected chi connectivity index (χ0v) is 12.0. The predicted octanol–water partition coefficient (Wildman–Crippen LogP) is 4.75. The second-order valence-corrected chi connectivity index (χ2v) is 5.60. The Morgan fingerprint density at radius 3 is 2.72 bits per heavy atom. The van der Waals surface area contributed by atoms with Crippen LogP contribution in [0.1, 0.15) is 17.5 Å². The first kappa shape index (κ1) is 13.4. The first-order valence-electron chi connectivity index (χ1n) is 5.46. The van der Waals surface area contributed by atoms with Gasteiger partial charge in [-0.1, -0.05) is 36.2 Å². The maximum Gasteiger partial charge on any atom is 0.123 e. The Morgan fingerprint density at radius 2 is 2.11 bits per heavy atom. The lowest BCUT2D eigenvalue weighted by atomic mass is 10.2. The summed E-state index contributed by atoms with van der Waals surface area (Å²) >= 11 is 13.4. The zero-order chi connectivity index (χ0) is 13.1. The molecule has 0 aliphatic heterocycles. The van der Waals surface area contributed by atoms with E-state index in [9.17, 15) is 0 Å². The SMILES string of the molecule is CCc1nc(-c2ccc(Cl)c(Cl)c2)sc1CC#N. The lowest BCUT2D eigenvalue weighted by molar-refractivity contribution is 1.03.